The van der Waals surface area contributed by atoms with E-state index in [4.69, 9.17) is 0 Å². The van der Waals surface area contributed by atoms with Crippen LogP contribution in [0.25, 0.3) is 0 Å². The summed E-state index contributed by atoms with van der Waals surface area (Å²) in [5.74, 6) is 0. The van der Waals surface area contributed by atoms with Gasteiger partial charge in [-0.1, -0.05) is 80.6 Å². The first-order valence-electron chi connectivity index (χ1n) is 6.62. The molecule has 0 amide bonds. The highest BCUT2D eigenvalue weighted by atomic mass is 16.3. The molecule has 0 fully saturated rings. The first kappa shape index (κ1) is 12.2. The van der Waals surface area contributed by atoms with E-state index in [1.165, 1.54) is 0 Å². The van der Waals surface area contributed by atoms with Crippen LogP contribution < -0.4 is 0 Å². The molecule has 0 spiro atoms. The highest BCUT2D eigenvalue weighted by Gasteiger charge is 2.49. The monoisotopic (exact) mass is 250 g/mol. The smallest absolute Gasteiger partial charge is 0.137 e. The van der Waals surface area contributed by atoms with Crippen molar-refractivity contribution in [1.29, 1.82) is 0 Å². The van der Waals surface area contributed by atoms with E-state index in [0.717, 1.165) is 16.7 Å². The van der Waals surface area contributed by atoms with Crippen molar-refractivity contribution in [3.8, 4) is 0 Å². The molecule has 96 valence electrons. The summed E-state index contributed by atoms with van der Waals surface area (Å²) in [5.41, 5.74) is 1.93. The van der Waals surface area contributed by atoms with Gasteiger partial charge in [-0.3, -0.25) is 0 Å². The molecule has 1 N–H and O–H groups in total. The van der Waals surface area contributed by atoms with Crippen LogP contribution in [0.15, 0.2) is 72.3 Å². The fraction of sp³-hybridized carbons (Fsp3) is 0.222. The first-order chi connectivity index (χ1) is 9.05. The molecule has 0 saturated heterocycles. The average molecular weight is 250 g/mol. The number of allylic oxidation sites excluding steroid dienone is 1. The summed E-state index contributed by atoms with van der Waals surface area (Å²) in [6.45, 7) is 4.28. The third-order valence-electron chi connectivity index (χ3n) is 3.89. The minimum Gasteiger partial charge on any atom is -0.376 e. The summed E-state index contributed by atoms with van der Waals surface area (Å²) in [6, 6.07) is 19.8. The molecule has 0 heterocycles. The van der Waals surface area contributed by atoms with Gasteiger partial charge in [-0.2, -0.15) is 0 Å². The molecular weight excluding hydrogens is 232 g/mol. The molecule has 0 aromatic heterocycles. The number of aliphatic hydroxyl groups is 1. The van der Waals surface area contributed by atoms with Gasteiger partial charge in [-0.05, 0) is 16.7 Å². The quantitative estimate of drug-likeness (QED) is 0.819. The molecule has 1 nitrogen and oxygen atoms in total. The highest BCUT2D eigenvalue weighted by molar-refractivity contribution is 5.55. The lowest BCUT2D eigenvalue weighted by molar-refractivity contribution is 0.117. The molecule has 1 aliphatic rings. The summed E-state index contributed by atoms with van der Waals surface area (Å²) in [4.78, 5) is 0. The number of benzene rings is 2. The van der Waals surface area contributed by atoms with Gasteiger partial charge >= 0.3 is 0 Å². The van der Waals surface area contributed by atoms with Gasteiger partial charge in [0.05, 0.1) is 0 Å². The first-order valence-corrected chi connectivity index (χ1v) is 6.62. The molecule has 1 heteroatoms. The van der Waals surface area contributed by atoms with Crippen molar-refractivity contribution in [2.45, 2.75) is 19.4 Å². The molecule has 0 unspecified atom stereocenters. The van der Waals surface area contributed by atoms with Gasteiger partial charge in [-0.15, -0.1) is 0 Å². The Labute approximate surface area is 114 Å². The molecule has 0 saturated carbocycles. The fourth-order valence-corrected chi connectivity index (χ4v) is 2.73. The Kier molecular flexibility index (Phi) is 2.61. The van der Waals surface area contributed by atoms with Crippen LogP contribution in [0, 0.1) is 5.41 Å². The van der Waals surface area contributed by atoms with E-state index in [1.54, 1.807) is 0 Å². The van der Waals surface area contributed by atoms with E-state index in [2.05, 4.69) is 19.9 Å². The molecule has 0 bridgehead atoms. The second-order valence-corrected chi connectivity index (χ2v) is 5.72. The highest BCUT2D eigenvalue weighted by Crippen LogP contribution is 2.55. The van der Waals surface area contributed by atoms with Gasteiger partial charge in [0.2, 0.25) is 0 Å². The third-order valence-corrected chi connectivity index (χ3v) is 3.89. The Bertz CT molecular complexity index is 569. The molecule has 19 heavy (non-hydrogen) atoms. The number of hydrogen-bond acceptors (Lipinski definition) is 1. The number of hydrogen-bond donors (Lipinski definition) is 1. The van der Waals surface area contributed by atoms with E-state index >= 15 is 0 Å². The summed E-state index contributed by atoms with van der Waals surface area (Å²) in [7, 11) is 0. The van der Waals surface area contributed by atoms with Crippen LogP contribution in [-0.4, -0.2) is 5.11 Å². The zero-order valence-electron chi connectivity index (χ0n) is 11.3. The molecule has 2 aromatic carbocycles. The van der Waals surface area contributed by atoms with Crippen molar-refractivity contribution in [3.63, 3.8) is 0 Å². The standard InChI is InChI=1S/C18H18O/c1-17(2)13-16(17)18(19,14-9-5-3-6-10-14)15-11-7-4-8-12-15/h3-13,19H,1-2H3. The lowest BCUT2D eigenvalue weighted by atomic mass is 9.80. The lowest BCUT2D eigenvalue weighted by Crippen LogP contribution is -2.28. The molecule has 2 aromatic rings. The number of rotatable bonds is 3. The van der Waals surface area contributed by atoms with Gasteiger partial charge in [0.1, 0.15) is 5.60 Å². The van der Waals surface area contributed by atoms with Crippen molar-refractivity contribution in [3.05, 3.63) is 83.4 Å². The fourth-order valence-electron chi connectivity index (χ4n) is 2.73. The van der Waals surface area contributed by atoms with Crippen molar-refractivity contribution in [2.24, 2.45) is 5.41 Å². The second kappa shape index (κ2) is 4.07. The summed E-state index contributed by atoms with van der Waals surface area (Å²) in [5, 5.41) is 11.4. The maximum atomic E-state index is 11.4. The minimum absolute atomic E-state index is 0.000429. The van der Waals surface area contributed by atoms with E-state index in [9.17, 15) is 5.11 Å². The zero-order chi connectivity index (χ0) is 13.5. The van der Waals surface area contributed by atoms with E-state index in [-0.39, 0.29) is 5.41 Å². The van der Waals surface area contributed by atoms with Gasteiger partial charge in [0.25, 0.3) is 0 Å². The van der Waals surface area contributed by atoms with Crippen molar-refractivity contribution >= 4 is 0 Å². The SMILES string of the molecule is CC1(C)C=C1C(O)(c1ccccc1)c1ccccc1. The summed E-state index contributed by atoms with van der Waals surface area (Å²) >= 11 is 0. The van der Waals surface area contributed by atoms with Crippen molar-refractivity contribution in [2.75, 3.05) is 0 Å². The topological polar surface area (TPSA) is 20.2 Å². The third kappa shape index (κ3) is 1.91. The van der Waals surface area contributed by atoms with E-state index in [0.29, 0.717) is 0 Å². The normalized spacial score (nSPS) is 16.9. The van der Waals surface area contributed by atoms with Gasteiger partial charge in [-0.25, -0.2) is 0 Å². The Balaban J connectivity index is 2.15. The Morgan fingerprint density at radius 1 is 0.789 bits per heavy atom. The van der Waals surface area contributed by atoms with Crippen molar-refractivity contribution < 1.29 is 5.11 Å². The van der Waals surface area contributed by atoms with Crippen LogP contribution in [-0.2, 0) is 5.60 Å². The summed E-state index contributed by atoms with van der Waals surface area (Å²) < 4.78 is 0. The van der Waals surface area contributed by atoms with Crippen molar-refractivity contribution in [1.82, 2.24) is 0 Å². The van der Waals surface area contributed by atoms with Crippen LogP contribution in [0.2, 0.25) is 0 Å². The molecule has 0 radical (unpaired) electrons. The van der Waals surface area contributed by atoms with Crippen LogP contribution in [0.4, 0.5) is 0 Å². The zero-order valence-corrected chi connectivity index (χ0v) is 11.3. The summed E-state index contributed by atoms with van der Waals surface area (Å²) in [6.07, 6.45) is 2.15. The maximum absolute atomic E-state index is 11.4. The average Bonchev–Trinajstić information content (AvgIpc) is 3.09. The Morgan fingerprint density at radius 2 is 1.16 bits per heavy atom. The van der Waals surface area contributed by atoms with Gasteiger partial charge < -0.3 is 5.11 Å². The van der Waals surface area contributed by atoms with E-state index < -0.39 is 5.60 Å². The second-order valence-electron chi connectivity index (χ2n) is 5.72. The van der Waals surface area contributed by atoms with Gasteiger partial charge in [0.15, 0.2) is 0 Å². The largest absolute Gasteiger partial charge is 0.376 e. The Morgan fingerprint density at radius 3 is 1.47 bits per heavy atom. The minimum atomic E-state index is -1.01. The molecule has 1 aliphatic carbocycles. The van der Waals surface area contributed by atoms with Crippen LogP contribution in [0.5, 0.6) is 0 Å². The van der Waals surface area contributed by atoms with Crippen LogP contribution in [0.1, 0.15) is 25.0 Å². The molecule has 0 aliphatic heterocycles. The predicted molar refractivity (Wildman–Crippen MR) is 77.7 cm³/mol. The van der Waals surface area contributed by atoms with E-state index in [1.807, 2.05) is 60.7 Å². The maximum Gasteiger partial charge on any atom is 0.137 e. The predicted octanol–water partition coefficient (Wildman–Crippen LogP) is 3.89. The molecular formula is C18H18O. The van der Waals surface area contributed by atoms with Crippen LogP contribution in [0.3, 0.4) is 0 Å². The molecule has 3 rings (SSSR count). The molecule has 0 atom stereocenters. The Hall–Kier alpha value is -1.86. The van der Waals surface area contributed by atoms with Crippen LogP contribution >= 0.6 is 0 Å². The lowest BCUT2D eigenvalue weighted by Gasteiger charge is -2.30. The van der Waals surface area contributed by atoms with Gasteiger partial charge in [0, 0.05) is 5.41 Å².